The summed E-state index contributed by atoms with van der Waals surface area (Å²) in [7, 11) is 4.94. The van der Waals surface area contributed by atoms with E-state index in [9.17, 15) is 0 Å². The van der Waals surface area contributed by atoms with Gasteiger partial charge in [0.05, 0.1) is 53.2 Å². The van der Waals surface area contributed by atoms with Crippen LogP contribution >= 0.6 is 0 Å². The molecule has 3 N–H and O–H groups in total. The highest BCUT2D eigenvalue weighted by Crippen LogP contribution is 2.39. The van der Waals surface area contributed by atoms with E-state index in [4.69, 9.17) is 18.9 Å². The van der Waals surface area contributed by atoms with Crippen molar-refractivity contribution < 1.29 is 29.2 Å². The van der Waals surface area contributed by atoms with Crippen molar-refractivity contribution in [1.82, 2.24) is 0 Å². The Bertz CT molecular complexity index is 476. The second-order valence-corrected chi connectivity index (χ2v) is 5.74. The fourth-order valence-corrected chi connectivity index (χ4v) is 2.99. The lowest BCUT2D eigenvalue weighted by molar-refractivity contribution is -0.909. The van der Waals surface area contributed by atoms with Crippen molar-refractivity contribution in [3.63, 3.8) is 0 Å². The van der Waals surface area contributed by atoms with Crippen LogP contribution in [0.25, 0.3) is 0 Å². The molecule has 0 amide bonds. The summed E-state index contributed by atoms with van der Waals surface area (Å²) in [5.74, 6) is 2.13. The highest BCUT2D eigenvalue weighted by molar-refractivity contribution is 5.55. The topological polar surface area (TPSA) is 58.0 Å². The van der Waals surface area contributed by atoms with Gasteiger partial charge in [-0.15, -0.1) is 0 Å². The van der Waals surface area contributed by atoms with Crippen LogP contribution in [0, 0.1) is 0 Å². The number of ether oxygens (including phenoxy) is 4. The number of hydrogen-bond donors (Lipinski definition) is 2. The molecular weight excluding hydrogens is 296 g/mol. The molecule has 0 saturated carbocycles. The summed E-state index contributed by atoms with van der Waals surface area (Å²) >= 11 is 0. The van der Waals surface area contributed by atoms with Crippen LogP contribution < -0.4 is 24.4 Å². The molecular formula is C17H30N2O4+2. The average Bonchev–Trinajstić information content (AvgIpc) is 2.61. The number of nitrogens with one attached hydrogen (secondary N) is 1. The number of morpholine rings is 1. The van der Waals surface area contributed by atoms with Crippen LogP contribution in [-0.2, 0) is 11.3 Å². The maximum atomic E-state index is 5.52. The molecule has 2 rings (SSSR count). The maximum absolute atomic E-state index is 5.52. The fraction of sp³-hybridized carbons (Fsp3) is 0.647. The van der Waals surface area contributed by atoms with Crippen LogP contribution in [0.4, 0.5) is 0 Å². The summed E-state index contributed by atoms with van der Waals surface area (Å²) in [6, 6.07) is 3.98. The number of nitrogens with two attached hydrogens (primary N) is 1. The molecule has 1 saturated heterocycles. The Morgan fingerprint density at radius 2 is 1.78 bits per heavy atom. The average molecular weight is 326 g/mol. The standard InChI is InChI=1S/C17H28N2O4/c1-20-15-6-5-14(16(21-2)17(15)22-3)13-18-7-4-8-19-9-11-23-12-10-19/h5-6,18H,4,7-13H2,1-3H3/p+2. The summed E-state index contributed by atoms with van der Waals surface area (Å²) in [4.78, 5) is 1.66. The van der Waals surface area contributed by atoms with E-state index in [-0.39, 0.29) is 0 Å². The Morgan fingerprint density at radius 1 is 1.04 bits per heavy atom. The molecule has 0 bridgehead atoms. The second-order valence-electron chi connectivity index (χ2n) is 5.74. The van der Waals surface area contributed by atoms with Crippen molar-refractivity contribution in [2.45, 2.75) is 13.0 Å². The molecule has 0 radical (unpaired) electrons. The third-order valence-corrected chi connectivity index (χ3v) is 4.29. The first-order valence-corrected chi connectivity index (χ1v) is 8.31. The molecule has 0 atom stereocenters. The summed E-state index contributed by atoms with van der Waals surface area (Å²) in [5.41, 5.74) is 1.13. The van der Waals surface area contributed by atoms with E-state index in [0.29, 0.717) is 11.5 Å². The van der Waals surface area contributed by atoms with Gasteiger partial charge >= 0.3 is 0 Å². The minimum Gasteiger partial charge on any atom is -0.493 e. The summed E-state index contributed by atoms with van der Waals surface area (Å²) in [6.07, 6.45) is 1.21. The van der Waals surface area contributed by atoms with Crippen molar-refractivity contribution in [2.75, 3.05) is 60.7 Å². The lowest BCUT2D eigenvalue weighted by atomic mass is 10.1. The molecule has 1 aromatic rings. The molecule has 0 aromatic heterocycles. The largest absolute Gasteiger partial charge is 0.493 e. The van der Waals surface area contributed by atoms with Gasteiger partial charge in [-0.05, 0) is 12.1 Å². The zero-order chi connectivity index (χ0) is 16.5. The Morgan fingerprint density at radius 3 is 2.43 bits per heavy atom. The SMILES string of the molecule is COc1ccc(C[NH2+]CCC[NH+]2CCOCC2)c(OC)c1OC. The van der Waals surface area contributed by atoms with Gasteiger partial charge in [-0.2, -0.15) is 0 Å². The minimum absolute atomic E-state index is 0.665. The van der Waals surface area contributed by atoms with Gasteiger partial charge in [0.2, 0.25) is 5.75 Å². The first-order chi connectivity index (χ1) is 11.3. The lowest BCUT2D eigenvalue weighted by Gasteiger charge is -2.23. The summed E-state index contributed by atoms with van der Waals surface area (Å²) in [6.45, 7) is 7.31. The summed E-state index contributed by atoms with van der Waals surface area (Å²) < 4.78 is 21.6. The van der Waals surface area contributed by atoms with Gasteiger partial charge < -0.3 is 29.2 Å². The zero-order valence-corrected chi connectivity index (χ0v) is 14.5. The van der Waals surface area contributed by atoms with Gasteiger partial charge in [-0.25, -0.2) is 0 Å². The first-order valence-electron chi connectivity index (χ1n) is 8.31. The van der Waals surface area contributed by atoms with E-state index < -0.39 is 0 Å². The molecule has 6 nitrogen and oxygen atoms in total. The number of hydrogen-bond acceptors (Lipinski definition) is 4. The molecule has 6 heteroatoms. The van der Waals surface area contributed by atoms with E-state index in [0.717, 1.165) is 50.7 Å². The number of quaternary nitrogens is 2. The van der Waals surface area contributed by atoms with Crippen molar-refractivity contribution in [1.29, 1.82) is 0 Å². The van der Waals surface area contributed by atoms with Crippen LogP contribution in [0.2, 0.25) is 0 Å². The molecule has 1 aliphatic rings. The second kappa shape index (κ2) is 9.60. The van der Waals surface area contributed by atoms with Crippen LogP contribution in [0.15, 0.2) is 12.1 Å². The van der Waals surface area contributed by atoms with Crippen LogP contribution in [0.1, 0.15) is 12.0 Å². The Balaban J connectivity index is 1.80. The van der Waals surface area contributed by atoms with E-state index in [1.165, 1.54) is 13.0 Å². The van der Waals surface area contributed by atoms with Gasteiger partial charge in [0.1, 0.15) is 19.6 Å². The molecule has 130 valence electrons. The van der Waals surface area contributed by atoms with Crippen LogP contribution in [0.5, 0.6) is 17.2 Å². The Kier molecular flexibility index (Phi) is 7.45. The van der Waals surface area contributed by atoms with E-state index in [2.05, 4.69) is 5.32 Å². The van der Waals surface area contributed by atoms with Crippen molar-refractivity contribution in [3.05, 3.63) is 17.7 Å². The molecule has 0 spiro atoms. The normalized spacial score (nSPS) is 15.4. The smallest absolute Gasteiger partial charge is 0.203 e. The van der Waals surface area contributed by atoms with Gasteiger partial charge in [-0.1, -0.05) is 0 Å². The number of benzene rings is 1. The first kappa shape index (κ1) is 17.8. The third-order valence-electron chi connectivity index (χ3n) is 4.29. The Labute approximate surface area is 138 Å². The van der Waals surface area contributed by atoms with E-state index in [1.807, 2.05) is 12.1 Å². The number of methoxy groups -OCH3 is 3. The maximum Gasteiger partial charge on any atom is 0.203 e. The van der Waals surface area contributed by atoms with Crippen molar-refractivity contribution >= 4 is 0 Å². The molecule has 1 aromatic carbocycles. The minimum atomic E-state index is 0.665. The predicted molar refractivity (Wildman–Crippen MR) is 87.6 cm³/mol. The monoisotopic (exact) mass is 326 g/mol. The molecule has 1 fully saturated rings. The van der Waals surface area contributed by atoms with Crippen LogP contribution in [-0.4, -0.2) is 60.7 Å². The fourth-order valence-electron chi connectivity index (χ4n) is 2.99. The third kappa shape index (κ3) is 4.99. The highest BCUT2D eigenvalue weighted by atomic mass is 16.5. The summed E-state index contributed by atoms with van der Waals surface area (Å²) in [5, 5.41) is 2.32. The van der Waals surface area contributed by atoms with Gasteiger partial charge in [0.15, 0.2) is 11.5 Å². The van der Waals surface area contributed by atoms with Gasteiger partial charge in [0.25, 0.3) is 0 Å². The Hall–Kier alpha value is -1.50. The molecule has 23 heavy (non-hydrogen) atoms. The predicted octanol–water partition coefficient (Wildman–Crippen LogP) is -0.919. The number of rotatable bonds is 9. The molecule has 1 aliphatic heterocycles. The van der Waals surface area contributed by atoms with Gasteiger partial charge in [0, 0.05) is 6.42 Å². The van der Waals surface area contributed by atoms with Crippen LogP contribution in [0.3, 0.4) is 0 Å². The lowest BCUT2D eigenvalue weighted by Crippen LogP contribution is -3.14. The van der Waals surface area contributed by atoms with E-state index in [1.54, 1.807) is 26.2 Å². The highest BCUT2D eigenvalue weighted by Gasteiger charge is 2.17. The quantitative estimate of drug-likeness (QED) is 0.577. The van der Waals surface area contributed by atoms with Crippen molar-refractivity contribution in [2.24, 2.45) is 0 Å². The zero-order valence-electron chi connectivity index (χ0n) is 14.5. The van der Waals surface area contributed by atoms with E-state index >= 15 is 0 Å². The molecule has 0 aliphatic carbocycles. The van der Waals surface area contributed by atoms with Gasteiger partial charge in [-0.3, -0.25) is 0 Å². The van der Waals surface area contributed by atoms with Crippen molar-refractivity contribution in [3.8, 4) is 17.2 Å². The molecule has 0 unspecified atom stereocenters. The molecule has 1 heterocycles.